The smallest absolute Gasteiger partial charge is 0.124 e. The summed E-state index contributed by atoms with van der Waals surface area (Å²) in [4.78, 5) is 0. The molecule has 1 atom stereocenters. The number of rotatable bonds is 5. The number of hydrogen-bond acceptors (Lipinski definition) is 1. The van der Waals surface area contributed by atoms with Crippen LogP contribution in [-0.2, 0) is 0 Å². The lowest BCUT2D eigenvalue weighted by Crippen LogP contribution is -2.23. The van der Waals surface area contributed by atoms with Crippen molar-refractivity contribution in [1.29, 1.82) is 0 Å². The molecule has 1 N–H and O–H groups in total. The summed E-state index contributed by atoms with van der Waals surface area (Å²) < 4.78 is 14.4. The molecule has 2 aromatic rings. The van der Waals surface area contributed by atoms with Crippen LogP contribution in [0.1, 0.15) is 30.5 Å². The molecular weight excluding hydrogens is 341 g/mol. The van der Waals surface area contributed by atoms with E-state index in [1.54, 1.807) is 6.07 Å². The van der Waals surface area contributed by atoms with Crippen molar-refractivity contribution in [2.75, 3.05) is 6.54 Å². The predicted molar refractivity (Wildman–Crippen MR) is 85.7 cm³/mol. The second-order valence-electron chi connectivity index (χ2n) is 4.61. The Balaban J connectivity index is 2.44. The highest BCUT2D eigenvalue weighted by Crippen LogP contribution is 2.30. The number of benzene rings is 2. The van der Waals surface area contributed by atoms with E-state index in [1.807, 2.05) is 30.3 Å². The van der Waals surface area contributed by atoms with Crippen molar-refractivity contribution < 1.29 is 4.39 Å². The standard InChI is InChI=1S/C16H16BrClFN/c1-2-7-20-16(14-5-3-4-6-15(14)18)11-8-12(17)10-13(19)9-11/h3-6,8-10,16,20H,2,7H2,1H3. The second-order valence-corrected chi connectivity index (χ2v) is 5.93. The maximum atomic E-state index is 13.6. The van der Waals surface area contributed by atoms with Gasteiger partial charge in [0.2, 0.25) is 0 Å². The lowest BCUT2D eigenvalue weighted by Gasteiger charge is -2.21. The summed E-state index contributed by atoms with van der Waals surface area (Å²) in [7, 11) is 0. The molecule has 106 valence electrons. The van der Waals surface area contributed by atoms with Crippen LogP contribution in [0.2, 0.25) is 5.02 Å². The molecule has 4 heteroatoms. The van der Waals surface area contributed by atoms with Crippen molar-refractivity contribution in [2.24, 2.45) is 0 Å². The van der Waals surface area contributed by atoms with Gasteiger partial charge in [0.1, 0.15) is 5.82 Å². The van der Waals surface area contributed by atoms with E-state index in [4.69, 9.17) is 11.6 Å². The minimum Gasteiger partial charge on any atom is -0.306 e. The summed E-state index contributed by atoms with van der Waals surface area (Å²) >= 11 is 9.62. The van der Waals surface area contributed by atoms with Gasteiger partial charge in [0.25, 0.3) is 0 Å². The first-order valence-corrected chi connectivity index (χ1v) is 7.72. The molecule has 0 aliphatic heterocycles. The van der Waals surface area contributed by atoms with E-state index in [0.29, 0.717) is 5.02 Å². The van der Waals surface area contributed by atoms with Gasteiger partial charge in [0, 0.05) is 9.50 Å². The van der Waals surface area contributed by atoms with Crippen molar-refractivity contribution in [2.45, 2.75) is 19.4 Å². The highest BCUT2D eigenvalue weighted by molar-refractivity contribution is 9.10. The summed E-state index contributed by atoms with van der Waals surface area (Å²) in [5.74, 6) is -0.260. The largest absolute Gasteiger partial charge is 0.306 e. The van der Waals surface area contributed by atoms with Gasteiger partial charge >= 0.3 is 0 Å². The minimum atomic E-state index is -0.260. The molecule has 0 bridgehead atoms. The van der Waals surface area contributed by atoms with Crippen molar-refractivity contribution in [3.8, 4) is 0 Å². The fourth-order valence-corrected chi connectivity index (χ4v) is 2.87. The van der Waals surface area contributed by atoms with Gasteiger partial charge in [0.15, 0.2) is 0 Å². The predicted octanol–water partition coefficient (Wildman–Crippen LogP) is 5.33. The molecule has 0 saturated carbocycles. The Bertz CT molecular complexity index is 568. The number of halogens is 3. The molecule has 0 aromatic heterocycles. The van der Waals surface area contributed by atoms with Crippen LogP contribution in [0.4, 0.5) is 4.39 Å². The zero-order valence-electron chi connectivity index (χ0n) is 11.2. The van der Waals surface area contributed by atoms with Crippen LogP contribution in [0.15, 0.2) is 46.9 Å². The molecule has 0 fully saturated rings. The summed E-state index contributed by atoms with van der Waals surface area (Å²) in [6.07, 6.45) is 0.997. The Morgan fingerprint density at radius 2 is 2.00 bits per heavy atom. The summed E-state index contributed by atoms with van der Waals surface area (Å²) in [6, 6.07) is 12.4. The molecule has 2 rings (SSSR count). The Morgan fingerprint density at radius 1 is 1.25 bits per heavy atom. The lowest BCUT2D eigenvalue weighted by atomic mass is 9.98. The Morgan fingerprint density at radius 3 is 2.65 bits per heavy atom. The molecule has 0 heterocycles. The normalized spacial score (nSPS) is 12.4. The first-order chi connectivity index (χ1) is 9.61. The number of hydrogen-bond donors (Lipinski definition) is 1. The van der Waals surface area contributed by atoms with Crippen molar-refractivity contribution in [1.82, 2.24) is 5.32 Å². The number of nitrogens with one attached hydrogen (secondary N) is 1. The van der Waals surface area contributed by atoms with Gasteiger partial charge in [-0.1, -0.05) is 52.7 Å². The third kappa shape index (κ3) is 3.81. The van der Waals surface area contributed by atoms with E-state index in [-0.39, 0.29) is 11.9 Å². The molecule has 2 aromatic carbocycles. The zero-order chi connectivity index (χ0) is 14.5. The van der Waals surface area contributed by atoms with Crippen LogP contribution in [0.25, 0.3) is 0 Å². The van der Waals surface area contributed by atoms with Gasteiger partial charge in [0.05, 0.1) is 6.04 Å². The third-order valence-corrected chi connectivity index (χ3v) is 3.83. The van der Waals surface area contributed by atoms with E-state index in [0.717, 1.165) is 28.6 Å². The van der Waals surface area contributed by atoms with Crippen molar-refractivity contribution in [3.05, 3.63) is 68.9 Å². The summed E-state index contributed by atoms with van der Waals surface area (Å²) in [5, 5.41) is 4.11. The van der Waals surface area contributed by atoms with E-state index in [9.17, 15) is 4.39 Å². The van der Waals surface area contributed by atoms with E-state index in [1.165, 1.54) is 6.07 Å². The van der Waals surface area contributed by atoms with E-state index < -0.39 is 0 Å². The Kier molecular flexibility index (Phi) is 5.58. The van der Waals surface area contributed by atoms with Gasteiger partial charge in [-0.25, -0.2) is 4.39 Å². The molecule has 0 saturated heterocycles. The summed E-state index contributed by atoms with van der Waals surface area (Å²) in [6.45, 7) is 2.93. The molecule has 20 heavy (non-hydrogen) atoms. The van der Waals surface area contributed by atoms with Gasteiger partial charge in [-0.3, -0.25) is 0 Å². The molecular formula is C16H16BrClFN. The average molecular weight is 357 g/mol. The van der Waals surface area contributed by atoms with Crippen LogP contribution in [-0.4, -0.2) is 6.54 Å². The van der Waals surface area contributed by atoms with Gasteiger partial charge in [-0.2, -0.15) is 0 Å². The fraction of sp³-hybridized carbons (Fsp3) is 0.250. The lowest BCUT2D eigenvalue weighted by molar-refractivity contribution is 0.585. The highest BCUT2D eigenvalue weighted by atomic mass is 79.9. The fourth-order valence-electron chi connectivity index (χ4n) is 2.15. The molecule has 0 aliphatic carbocycles. The zero-order valence-corrected chi connectivity index (χ0v) is 13.5. The second kappa shape index (κ2) is 7.21. The van der Waals surface area contributed by atoms with Gasteiger partial charge in [-0.05, 0) is 48.4 Å². The van der Waals surface area contributed by atoms with Crippen LogP contribution in [0, 0.1) is 5.82 Å². The topological polar surface area (TPSA) is 12.0 Å². The van der Waals surface area contributed by atoms with Crippen LogP contribution < -0.4 is 5.32 Å². The van der Waals surface area contributed by atoms with Crippen molar-refractivity contribution >= 4 is 27.5 Å². The quantitative estimate of drug-likeness (QED) is 0.763. The van der Waals surface area contributed by atoms with Crippen LogP contribution in [0.5, 0.6) is 0 Å². The minimum absolute atomic E-state index is 0.115. The monoisotopic (exact) mass is 355 g/mol. The maximum absolute atomic E-state index is 13.6. The van der Waals surface area contributed by atoms with Crippen molar-refractivity contribution in [3.63, 3.8) is 0 Å². The Hall–Kier alpha value is -0.900. The average Bonchev–Trinajstić information content (AvgIpc) is 2.40. The summed E-state index contributed by atoms with van der Waals surface area (Å²) in [5.41, 5.74) is 1.82. The van der Waals surface area contributed by atoms with Crippen LogP contribution >= 0.6 is 27.5 Å². The van der Waals surface area contributed by atoms with E-state index in [2.05, 4.69) is 28.2 Å². The maximum Gasteiger partial charge on any atom is 0.124 e. The molecule has 0 aliphatic rings. The third-order valence-electron chi connectivity index (χ3n) is 3.03. The first-order valence-electron chi connectivity index (χ1n) is 6.55. The van der Waals surface area contributed by atoms with Gasteiger partial charge < -0.3 is 5.32 Å². The molecule has 0 spiro atoms. The van der Waals surface area contributed by atoms with Crippen LogP contribution in [0.3, 0.4) is 0 Å². The molecule has 1 nitrogen and oxygen atoms in total. The first kappa shape index (κ1) is 15.5. The SMILES string of the molecule is CCCNC(c1cc(F)cc(Br)c1)c1ccccc1Cl. The molecule has 0 amide bonds. The van der Waals surface area contributed by atoms with E-state index >= 15 is 0 Å². The highest BCUT2D eigenvalue weighted by Gasteiger charge is 2.17. The Labute approximate surface area is 132 Å². The molecule has 0 radical (unpaired) electrons. The van der Waals surface area contributed by atoms with Gasteiger partial charge in [-0.15, -0.1) is 0 Å². The molecule has 1 unspecified atom stereocenters.